The summed E-state index contributed by atoms with van der Waals surface area (Å²) in [6.07, 6.45) is 1.72. The van der Waals surface area contributed by atoms with Gasteiger partial charge in [0.2, 0.25) is 10.0 Å². The molecule has 7 heteroatoms. The molecular weight excluding hydrogens is 400 g/mol. The second-order valence-corrected chi connectivity index (χ2v) is 9.21. The van der Waals surface area contributed by atoms with E-state index in [2.05, 4.69) is 17.4 Å². The molecular formula is C23H34N2O4S. The third kappa shape index (κ3) is 7.81. The molecule has 6 nitrogen and oxygen atoms in total. The molecule has 166 valence electrons. The van der Waals surface area contributed by atoms with E-state index < -0.39 is 16.3 Å². The van der Waals surface area contributed by atoms with E-state index in [4.69, 9.17) is 9.47 Å². The molecule has 0 heterocycles. The number of nitrogens with zero attached hydrogens (tertiary/aromatic N) is 1. The van der Waals surface area contributed by atoms with Crippen molar-refractivity contribution >= 4 is 10.0 Å². The van der Waals surface area contributed by atoms with Crippen LogP contribution in [0, 0.1) is 6.92 Å². The highest BCUT2D eigenvalue weighted by atomic mass is 32.2. The molecule has 1 N–H and O–H groups in total. The van der Waals surface area contributed by atoms with Crippen LogP contribution in [0.2, 0.25) is 0 Å². The van der Waals surface area contributed by atoms with Crippen molar-refractivity contribution in [1.82, 2.24) is 9.62 Å². The maximum Gasteiger partial charge on any atom is 0.243 e. The normalized spacial score (nSPS) is 12.0. The van der Waals surface area contributed by atoms with Crippen LogP contribution in [0.1, 0.15) is 30.4 Å². The fourth-order valence-corrected chi connectivity index (χ4v) is 4.65. The van der Waals surface area contributed by atoms with Gasteiger partial charge in [-0.15, -0.1) is 0 Å². The number of sulfonamides is 1. The standard InChI is InChI=1S/C23H34N2O4S/c1-20-11-13-22(14-12-20)30(26,27)25(18-15-23(28-2)29-3)17-8-7-16-24-19-21-9-5-4-6-10-21/h4-6,9-14,23-24H,7-8,15-19H2,1-3H3. The molecule has 0 spiro atoms. The third-order valence-corrected chi connectivity index (χ3v) is 6.89. The Morgan fingerprint density at radius 3 is 2.23 bits per heavy atom. The number of hydrogen-bond acceptors (Lipinski definition) is 5. The van der Waals surface area contributed by atoms with Crippen LogP contribution in [0.15, 0.2) is 59.5 Å². The number of rotatable bonds is 14. The highest BCUT2D eigenvalue weighted by Gasteiger charge is 2.24. The molecule has 0 bridgehead atoms. The lowest BCUT2D eigenvalue weighted by atomic mass is 10.2. The summed E-state index contributed by atoms with van der Waals surface area (Å²) in [5, 5.41) is 3.41. The minimum Gasteiger partial charge on any atom is -0.356 e. The van der Waals surface area contributed by atoms with Gasteiger partial charge in [0.25, 0.3) is 0 Å². The maximum absolute atomic E-state index is 13.2. The Hall–Kier alpha value is -1.77. The number of aryl methyl sites for hydroxylation is 1. The van der Waals surface area contributed by atoms with Crippen LogP contribution in [0.25, 0.3) is 0 Å². The first kappa shape index (κ1) is 24.5. The molecule has 0 fully saturated rings. The van der Waals surface area contributed by atoms with Crippen LogP contribution < -0.4 is 5.32 Å². The smallest absolute Gasteiger partial charge is 0.243 e. The van der Waals surface area contributed by atoms with Crippen molar-refractivity contribution in [1.29, 1.82) is 0 Å². The summed E-state index contributed by atoms with van der Waals surface area (Å²) in [5.74, 6) is 0. The Morgan fingerprint density at radius 1 is 0.933 bits per heavy atom. The zero-order valence-electron chi connectivity index (χ0n) is 18.2. The summed E-state index contributed by atoms with van der Waals surface area (Å²) in [5.41, 5.74) is 2.27. The van der Waals surface area contributed by atoms with E-state index in [9.17, 15) is 8.42 Å². The zero-order valence-corrected chi connectivity index (χ0v) is 19.0. The third-order valence-electron chi connectivity index (χ3n) is 4.98. The second kappa shape index (κ2) is 12.8. The summed E-state index contributed by atoms with van der Waals surface area (Å²) in [4.78, 5) is 0.321. The molecule has 0 aliphatic carbocycles. The average molecular weight is 435 g/mol. The van der Waals surface area contributed by atoms with Gasteiger partial charge >= 0.3 is 0 Å². The van der Waals surface area contributed by atoms with Gasteiger partial charge in [-0.25, -0.2) is 8.42 Å². The molecule has 0 saturated carbocycles. The number of nitrogens with one attached hydrogen (secondary N) is 1. The van der Waals surface area contributed by atoms with Crippen LogP contribution >= 0.6 is 0 Å². The van der Waals surface area contributed by atoms with Gasteiger partial charge in [-0.2, -0.15) is 4.31 Å². The summed E-state index contributed by atoms with van der Waals surface area (Å²) >= 11 is 0. The van der Waals surface area contributed by atoms with Crippen molar-refractivity contribution in [2.75, 3.05) is 33.9 Å². The van der Waals surface area contributed by atoms with Crippen molar-refractivity contribution in [2.24, 2.45) is 0 Å². The summed E-state index contributed by atoms with van der Waals surface area (Å²) in [7, 11) is -0.442. The van der Waals surface area contributed by atoms with Gasteiger partial charge in [-0.3, -0.25) is 0 Å². The van der Waals surface area contributed by atoms with Crippen LogP contribution in [-0.4, -0.2) is 52.9 Å². The van der Waals surface area contributed by atoms with Crippen LogP contribution in [-0.2, 0) is 26.0 Å². The lowest BCUT2D eigenvalue weighted by Crippen LogP contribution is -2.35. The lowest BCUT2D eigenvalue weighted by molar-refractivity contribution is -0.107. The number of methoxy groups -OCH3 is 2. The molecule has 0 saturated heterocycles. The van der Waals surface area contributed by atoms with Gasteiger partial charge in [0.15, 0.2) is 6.29 Å². The van der Waals surface area contributed by atoms with E-state index in [-0.39, 0.29) is 0 Å². The van der Waals surface area contributed by atoms with E-state index in [0.29, 0.717) is 24.4 Å². The van der Waals surface area contributed by atoms with Crippen molar-refractivity contribution in [2.45, 2.75) is 43.9 Å². The van der Waals surface area contributed by atoms with Crippen molar-refractivity contribution in [3.05, 3.63) is 65.7 Å². The van der Waals surface area contributed by atoms with Crippen molar-refractivity contribution in [3.63, 3.8) is 0 Å². The molecule has 0 radical (unpaired) electrons. The van der Waals surface area contributed by atoms with Gasteiger partial charge in [0.1, 0.15) is 0 Å². The summed E-state index contributed by atoms with van der Waals surface area (Å²) in [6.45, 7) is 4.41. The highest BCUT2D eigenvalue weighted by molar-refractivity contribution is 7.89. The van der Waals surface area contributed by atoms with Crippen LogP contribution in [0.5, 0.6) is 0 Å². The Bertz CT molecular complexity index is 822. The van der Waals surface area contributed by atoms with Gasteiger partial charge in [-0.1, -0.05) is 48.0 Å². The molecule has 0 aliphatic heterocycles. The first-order valence-corrected chi connectivity index (χ1v) is 11.8. The molecule has 2 aromatic rings. The molecule has 0 atom stereocenters. The van der Waals surface area contributed by atoms with Crippen LogP contribution in [0.3, 0.4) is 0 Å². The first-order chi connectivity index (χ1) is 14.5. The molecule has 30 heavy (non-hydrogen) atoms. The molecule has 0 amide bonds. The lowest BCUT2D eigenvalue weighted by Gasteiger charge is -2.24. The minimum atomic E-state index is -3.56. The highest BCUT2D eigenvalue weighted by Crippen LogP contribution is 2.18. The number of benzene rings is 2. The van der Waals surface area contributed by atoms with E-state index in [0.717, 1.165) is 31.5 Å². The fourth-order valence-electron chi connectivity index (χ4n) is 3.16. The Labute approximate surface area is 181 Å². The fraction of sp³-hybridized carbons (Fsp3) is 0.478. The molecule has 0 aromatic heterocycles. The number of hydrogen-bond donors (Lipinski definition) is 1. The predicted octanol–water partition coefficient (Wildman–Crippen LogP) is 3.56. The average Bonchev–Trinajstić information content (AvgIpc) is 2.76. The predicted molar refractivity (Wildman–Crippen MR) is 120 cm³/mol. The quantitative estimate of drug-likeness (QED) is 0.364. The van der Waals surface area contributed by atoms with Gasteiger partial charge < -0.3 is 14.8 Å². The van der Waals surface area contributed by atoms with E-state index in [1.807, 2.05) is 37.3 Å². The van der Waals surface area contributed by atoms with Gasteiger partial charge in [-0.05, 0) is 44.0 Å². The van der Waals surface area contributed by atoms with Gasteiger partial charge in [0, 0.05) is 40.3 Å². The SMILES string of the molecule is COC(CCN(CCCCNCc1ccccc1)S(=O)(=O)c1ccc(C)cc1)OC. The van der Waals surface area contributed by atoms with E-state index in [1.165, 1.54) is 5.56 Å². The second-order valence-electron chi connectivity index (χ2n) is 7.28. The Morgan fingerprint density at radius 2 is 1.60 bits per heavy atom. The number of ether oxygens (including phenoxy) is 2. The molecule has 2 rings (SSSR count). The van der Waals surface area contributed by atoms with E-state index >= 15 is 0 Å². The summed E-state index contributed by atoms with van der Waals surface area (Å²) < 4.78 is 38.3. The van der Waals surface area contributed by atoms with E-state index in [1.54, 1.807) is 30.7 Å². The monoisotopic (exact) mass is 434 g/mol. The van der Waals surface area contributed by atoms with Crippen molar-refractivity contribution in [3.8, 4) is 0 Å². The van der Waals surface area contributed by atoms with Crippen molar-refractivity contribution < 1.29 is 17.9 Å². The Balaban J connectivity index is 1.91. The minimum absolute atomic E-state index is 0.321. The summed E-state index contributed by atoms with van der Waals surface area (Å²) in [6, 6.07) is 17.2. The molecule has 0 unspecified atom stereocenters. The molecule has 0 aliphatic rings. The molecule has 2 aromatic carbocycles. The first-order valence-electron chi connectivity index (χ1n) is 10.3. The maximum atomic E-state index is 13.2. The van der Waals surface area contributed by atoms with Gasteiger partial charge in [0.05, 0.1) is 4.90 Å². The number of unbranched alkanes of at least 4 members (excludes halogenated alkanes) is 1. The Kier molecular flexibility index (Phi) is 10.5. The van der Waals surface area contributed by atoms with Crippen LogP contribution in [0.4, 0.5) is 0 Å². The zero-order chi connectivity index (χ0) is 21.8. The largest absolute Gasteiger partial charge is 0.356 e. The topological polar surface area (TPSA) is 67.9 Å².